The highest BCUT2D eigenvalue weighted by atomic mass is 32.2. The van der Waals surface area contributed by atoms with Crippen molar-refractivity contribution in [2.24, 2.45) is 11.8 Å². The van der Waals surface area contributed by atoms with E-state index in [0.29, 0.717) is 16.7 Å². The first-order valence-electron chi connectivity index (χ1n) is 7.64. The van der Waals surface area contributed by atoms with Crippen molar-refractivity contribution in [3.05, 3.63) is 29.8 Å². The van der Waals surface area contributed by atoms with Crippen LogP contribution in [0.5, 0.6) is 0 Å². The molecule has 0 spiro atoms. The minimum absolute atomic E-state index is 0.0564. The van der Waals surface area contributed by atoms with E-state index in [1.807, 2.05) is 26.1 Å². The molecule has 21 heavy (non-hydrogen) atoms. The smallest absolute Gasteiger partial charge is 0.240 e. The molecule has 1 aliphatic rings. The Labute approximate surface area is 128 Å². The van der Waals surface area contributed by atoms with E-state index < -0.39 is 10.0 Å². The van der Waals surface area contributed by atoms with Gasteiger partial charge in [0.15, 0.2) is 0 Å². The molecule has 1 aliphatic carbocycles. The van der Waals surface area contributed by atoms with Crippen molar-refractivity contribution in [2.75, 3.05) is 7.05 Å². The quantitative estimate of drug-likeness (QED) is 0.879. The first-order chi connectivity index (χ1) is 9.85. The summed E-state index contributed by atoms with van der Waals surface area (Å²) in [7, 11) is -1.53. The molecular formula is C16H26N2O2S. The molecule has 118 valence electrons. The van der Waals surface area contributed by atoms with Gasteiger partial charge >= 0.3 is 0 Å². The second-order valence-corrected chi connectivity index (χ2v) is 7.93. The normalized spacial score (nSPS) is 27.7. The number of nitrogens with one attached hydrogen (secondary N) is 2. The van der Waals surface area contributed by atoms with Crippen LogP contribution in [0.25, 0.3) is 0 Å². The van der Waals surface area contributed by atoms with Crippen LogP contribution in [0.4, 0.5) is 0 Å². The standard InChI is InChI=1S/C16H26N2O2S/c1-11-5-10-16(12(11)2)18-21(19,20)15-8-6-14(7-9-15)13(3)17-4/h6-9,11-13,16-18H,5,10H2,1-4H3. The Kier molecular flexibility index (Phi) is 5.07. The molecule has 2 rings (SSSR count). The van der Waals surface area contributed by atoms with Crippen LogP contribution in [0.1, 0.15) is 45.2 Å². The van der Waals surface area contributed by atoms with Crippen molar-refractivity contribution < 1.29 is 8.42 Å². The molecule has 0 saturated heterocycles. The van der Waals surface area contributed by atoms with Gasteiger partial charge in [-0.25, -0.2) is 13.1 Å². The third kappa shape index (κ3) is 3.65. The SMILES string of the molecule is CNC(C)c1ccc(S(=O)(=O)NC2CCC(C)C2C)cc1. The van der Waals surface area contributed by atoms with E-state index in [0.717, 1.165) is 18.4 Å². The molecule has 0 bridgehead atoms. The van der Waals surface area contributed by atoms with Gasteiger partial charge in [-0.3, -0.25) is 0 Å². The van der Waals surface area contributed by atoms with Crippen LogP contribution >= 0.6 is 0 Å². The summed E-state index contributed by atoms with van der Waals surface area (Å²) in [6, 6.07) is 7.39. The van der Waals surface area contributed by atoms with E-state index in [-0.39, 0.29) is 12.1 Å². The molecular weight excluding hydrogens is 284 g/mol. The summed E-state index contributed by atoms with van der Waals surface area (Å²) in [5, 5.41) is 3.14. The first-order valence-corrected chi connectivity index (χ1v) is 9.13. The monoisotopic (exact) mass is 310 g/mol. The lowest BCUT2D eigenvalue weighted by Gasteiger charge is -2.20. The zero-order valence-corrected chi connectivity index (χ0v) is 14.1. The van der Waals surface area contributed by atoms with Gasteiger partial charge in [-0.2, -0.15) is 0 Å². The van der Waals surface area contributed by atoms with Crippen LogP contribution in [-0.4, -0.2) is 21.5 Å². The highest BCUT2D eigenvalue weighted by Crippen LogP contribution is 2.32. The Morgan fingerprint density at radius 2 is 1.76 bits per heavy atom. The van der Waals surface area contributed by atoms with Crippen molar-refractivity contribution in [3.63, 3.8) is 0 Å². The number of sulfonamides is 1. The summed E-state index contributed by atoms with van der Waals surface area (Å²) in [5.41, 5.74) is 1.08. The first kappa shape index (κ1) is 16.5. The molecule has 1 saturated carbocycles. The molecule has 1 aromatic carbocycles. The molecule has 1 aromatic rings. The maximum absolute atomic E-state index is 12.5. The molecule has 5 heteroatoms. The zero-order chi connectivity index (χ0) is 15.6. The van der Waals surface area contributed by atoms with E-state index in [9.17, 15) is 8.42 Å². The predicted octanol–water partition coefficient (Wildman–Crippen LogP) is 2.68. The summed E-state index contributed by atoms with van der Waals surface area (Å²) < 4.78 is 27.8. The van der Waals surface area contributed by atoms with Crippen molar-refractivity contribution in [3.8, 4) is 0 Å². The Morgan fingerprint density at radius 1 is 1.14 bits per heavy atom. The fourth-order valence-corrected chi connectivity index (χ4v) is 4.26. The zero-order valence-electron chi connectivity index (χ0n) is 13.3. The molecule has 0 aliphatic heterocycles. The van der Waals surface area contributed by atoms with Gasteiger partial charge in [0.25, 0.3) is 0 Å². The number of hydrogen-bond acceptors (Lipinski definition) is 3. The third-order valence-electron chi connectivity index (χ3n) is 4.90. The minimum Gasteiger partial charge on any atom is -0.313 e. The molecule has 4 unspecified atom stereocenters. The van der Waals surface area contributed by atoms with Crippen LogP contribution < -0.4 is 10.0 Å². The van der Waals surface area contributed by atoms with Gasteiger partial charge in [0.2, 0.25) is 10.0 Å². The minimum atomic E-state index is -3.42. The summed E-state index contributed by atoms with van der Waals surface area (Å²) in [6.45, 7) is 6.36. The lowest BCUT2D eigenvalue weighted by atomic mass is 9.98. The largest absolute Gasteiger partial charge is 0.313 e. The van der Waals surface area contributed by atoms with Crippen LogP contribution in [0.3, 0.4) is 0 Å². The highest BCUT2D eigenvalue weighted by molar-refractivity contribution is 7.89. The summed E-state index contributed by atoms with van der Waals surface area (Å²) in [4.78, 5) is 0.348. The van der Waals surface area contributed by atoms with Gasteiger partial charge in [-0.05, 0) is 56.3 Å². The number of rotatable bonds is 5. The molecule has 0 aromatic heterocycles. The number of hydrogen-bond donors (Lipinski definition) is 2. The summed E-state index contributed by atoms with van der Waals surface area (Å²) >= 11 is 0. The lowest BCUT2D eigenvalue weighted by Crippen LogP contribution is -2.37. The molecule has 1 fully saturated rings. The maximum atomic E-state index is 12.5. The van der Waals surface area contributed by atoms with Gasteiger partial charge < -0.3 is 5.32 Å². The van der Waals surface area contributed by atoms with E-state index in [1.165, 1.54) is 0 Å². The van der Waals surface area contributed by atoms with E-state index in [2.05, 4.69) is 23.9 Å². The molecule has 4 atom stereocenters. The fourth-order valence-electron chi connectivity index (χ4n) is 2.90. The highest BCUT2D eigenvalue weighted by Gasteiger charge is 2.32. The van der Waals surface area contributed by atoms with Crippen LogP contribution in [-0.2, 0) is 10.0 Å². The Hall–Kier alpha value is -0.910. The summed E-state index contributed by atoms with van der Waals surface area (Å²) in [5.74, 6) is 0.972. The van der Waals surface area contributed by atoms with Gasteiger partial charge in [0, 0.05) is 12.1 Å². The summed E-state index contributed by atoms with van der Waals surface area (Å²) in [6.07, 6.45) is 2.02. The predicted molar refractivity (Wildman–Crippen MR) is 85.6 cm³/mol. The molecule has 4 nitrogen and oxygen atoms in total. The van der Waals surface area contributed by atoms with E-state index in [4.69, 9.17) is 0 Å². The van der Waals surface area contributed by atoms with Gasteiger partial charge in [0.05, 0.1) is 4.90 Å². The van der Waals surface area contributed by atoms with Crippen molar-refractivity contribution >= 4 is 10.0 Å². The van der Waals surface area contributed by atoms with Crippen molar-refractivity contribution in [1.29, 1.82) is 0 Å². The average molecular weight is 310 g/mol. The lowest BCUT2D eigenvalue weighted by molar-refractivity contribution is 0.402. The Balaban J connectivity index is 2.13. The molecule has 0 radical (unpaired) electrons. The maximum Gasteiger partial charge on any atom is 0.240 e. The topological polar surface area (TPSA) is 58.2 Å². The molecule has 0 heterocycles. The van der Waals surface area contributed by atoms with E-state index >= 15 is 0 Å². The average Bonchev–Trinajstić information content (AvgIpc) is 2.78. The van der Waals surface area contributed by atoms with E-state index in [1.54, 1.807) is 12.1 Å². The fraction of sp³-hybridized carbons (Fsp3) is 0.625. The molecule has 2 N–H and O–H groups in total. The van der Waals surface area contributed by atoms with Crippen molar-refractivity contribution in [2.45, 2.75) is 50.6 Å². The Bertz CT molecular complexity index is 568. The van der Waals surface area contributed by atoms with Crippen LogP contribution in [0.2, 0.25) is 0 Å². The Morgan fingerprint density at radius 3 is 2.24 bits per heavy atom. The molecule has 0 amide bonds. The van der Waals surface area contributed by atoms with Crippen LogP contribution in [0, 0.1) is 11.8 Å². The second-order valence-electron chi connectivity index (χ2n) is 6.22. The second kappa shape index (κ2) is 6.46. The number of benzene rings is 1. The van der Waals surface area contributed by atoms with Gasteiger partial charge in [-0.15, -0.1) is 0 Å². The van der Waals surface area contributed by atoms with Crippen LogP contribution in [0.15, 0.2) is 29.2 Å². The van der Waals surface area contributed by atoms with Gasteiger partial charge in [-0.1, -0.05) is 26.0 Å². The van der Waals surface area contributed by atoms with Gasteiger partial charge in [0.1, 0.15) is 0 Å². The van der Waals surface area contributed by atoms with Crippen molar-refractivity contribution in [1.82, 2.24) is 10.0 Å². The third-order valence-corrected chi connectivity index (χ3v) is 6.40.